The number of nitrogens with zero attached hydrogens (tertiary/aromatic N) is 5. The number of pyridine rings is 1. The molecule has 0 aliphatic carbocycles. The zero-order valence-electron chi connectivity index (χ0n) is 20.9. The van der Waals surface area contributed by atoms with Crippen molar-refractivity contribution in [2.45, 2.75) is 37.8 Å². The lowest BCUT2D eigenvalue weighted by atomic mass is 9.87. The van der Waals surface area contributed by atoms with Gasteiger partial charge >= 0.3 is 0 Å². The first-order valence-electron chi connectivity index (χ1n) is 11.6. The molecule has 2 aromatic heterocycles. The van der Waals surface area contributed by atoms with Crippen LogP contribution >= 0.6 is 35.0 Å². The van der Waals surface area contributed by atoms with Crippen LogP contribution in [0.15, 0.2) is 66.0 Å². The molecule has 0 saturated carbocycles. The van der Waals surface area contributed by atoms with Gasteiger partial charge in [-0.1, -0.05) is 67.9 Å². The summed E-state index contributed by atoms with van der Waals surface area (Å²) in [6, 6.07) is 16.0. The third-order valence-corrected chi connectivity index (χ3v) is 6.94. The molecular weight excluding hydrogens is 545 g/mol. The van der Waals surface area contributed by atoms with E-state index in [2.05, 4.69) is 51.9 Å². The van der Waals surface area contributed by atoms with E-state index < -0.39 is 0 Å². The molecule has 2 N–H and O–H groups in total. The number of carbonyl (C=O) groups excluding carboxylic acids is 2. The molecule has 12 heteroatoms. The molecule has 0 unspecified atom stereocenters. The highest BCUT2D eigenvalue weighted by atomic mass is 35.5. The van der Waals surface area contributed by atoms with Crippen LogP contribution < -0.4 is 10.6 Å². The quantitative estimate of drug-likeness (QED) is 0.266. The van der Waals surface area contributed by atoms with Crippen molar-refractivity contribution in [2.24, 2.45) is 0 Å². The number of hydrogen-bond acceptors (Lipinski definition) is 7. The van der Waals surface area contributed by atoms with E-state index in [1.165, 1.54) is 4.68 Å². The van der Waals surface area contributed by atoms with Crippen molar-refractivity contribution in [3.8, 4) is 5.69 Å². The second-order valence-corrected chi connectivity index (χ2v) is 11.1. The van der Waals surface area contributed by atoms with Gasteiger partial charge in [-0.25, -0.2) is 0 Å². The zero-order valence-corrected chi connectivity index (χ0v) is 23.2. The molecule has 0 fully saturated rings. The largest absolute Gasteiger partial charge is 0.326 e. The first-order valence-corrected chi connectivity index (χ1v) is 13.3. The fraction of sp³-hybridized carbons (Fsp3) is 0.231. The predicted octanol–water partition coefficient (Wildman–Crippen LogP) is 5.57. The van der Waals surface area contributed by atoms with E-state index in [-0.39, 0.29) is 34.4 Å². The van der Waals surface area contributed by atoms with E-state index in [0.717, 1.165) is 17.3 Å². The minimum Gasteiger partial charge on any atom is -0.326 e. The number of thioether (sulfide) groups is 1. The van der Waals surface area contributed by atoms with E-state index in [1.54, 1.807) is 36.5 Å². The summed E-state index contributed by atoms with van der Waals surface area (Å²) in [5.74, 6) is -0.483. The summed E-state index contributed by atoms with van der Waals surface area (Å²) in [4.78, 5) is 29.0. The number of hydrogen-bond donors (Lipinski definition) is 2. The Kier molecular flexibility index (Phi) is 8.65. The van der Waals surface area contributed by atoms with Gasteiger partial charge in [-0.2, -0.15) is 4.68 Å². The third-order valence-electron chi connectivity index (χ3n) is 5.41. The van der Waals surface area contributed by atoms with Crippen LogP contribution in [0.25, 0.3) is 5.69 Å². The highest BCUT2D eigenvalue weighted by molar-refractivity contribution is 7.99. The predicted molar refractivity (Wildman–Crippen MR) is 150 cm³/mol. The lowest BCUT2D eigenvalue weighted by molar-refractivity contribution is -0.116. The topological polar surface area (TPSA) is 115 Å². The maximum absolute atomic E-state index is 12.6. The molecule has 4 aromatic rings. The van der Waals surface area contributed by atoms with E-state index in [0.29, 0.717) is 32.9 Å². The second kappa shape index (κ2) is 11.9. The molecular formula is C26H25Cl2N7O2S. The van der Waals surface area contributed by atoms with Gasteiger partial charge in [0.2, 0.25) is 17.0 Å². The second-order valence-electron chi connectivity index (χ2n) is 9.37. The van der Waals surface area contributed by atoms with Crippen LogP contribution in [0.4, 0.5) is 11.4 Å². The van der Waals surface area contributed by atoms with Gasteiger partial charge in [0.1, 0.15) is 0 Å². The Morgan fingerprint density at radius 2 is 1.79 bits per heavy atom. The van der Waals surface area contributed by atoms with Crippen molar-refractivity contribution in [1.82, 2.24) is 25.2 Å². The van der Waals surface area contributed by atoms with Gasteiger partial charge in [-0.15, -0.1) is 5.10 Å². The van der Waals surface area contributed by atoms with Gasteiger partial charge in [-0.3, -0.25) is 14.6 Å². The number of nitrogens with one attached hydrogen (secondary N) is 2. The van der Waals surface area contributed by atoms with Crippen LogP contribution in [0.5, 0.6) is 0 Å². The summed E-state index contributed by atoms with van der Waals surface area (Å²) in [5.41, 5.74) is 3.24. The van der Waals surface area contributed by atoms with Crippen molar-refractivity contribution >= 4 is 58.2 Å². The smallest absolute Gasteiger partial charge is 0.234 e. The van der Waals surface area contributed by atoms with Gasteiger partial charge in [0.05, 0.1) is 33.6 Å². The maximum atomic E-state index is 12.6. The fourth-order valence-corrected chi connectivity index (χ4v) is 4.62. The standard InChI is InChI=1S/C26H25Cl2N7O2S/c1-26(2,3)16-7-10-22(20(28)12-16)35-25(32-33-34-35)38-15-24(37)31-21-9-8-18(13-19(21)27)30-23(36)14-17-6-4-5-11-29-17/h4-13H,14-15H2,1-3H3,(H,30,36)(H,31,37). The average molecular weight is 571 g/mol. The summed E-state index contributed by atoms with van der Waals surface area (Å²) in [6.45, 7) is 6.32. The Balaban J connectivity index is 1.35. The number of carbonyl (C=O) groups is 2. The number of halogens is 2. The number of aromatic nitrogens is 5. The SMILES string of the molecule is CC(C)(C)c1ccc(-n2nnnc2SCC(=O)Nc2ccc(NC(=O)Cc3ccccn3)cc2Cl)c(Cl)c1. The summed E-state index contributed by atoms with van der Waals surface area (Å²) in [6.07, 6.45) is 1.77. The Morgan fingerprint density at radius 3 is 2.47 bits per heavy atom. The van der Waals surface area contributed by atoms with Gasteiger partial charge < -0.3 is 10.6 Å². The van der Waals surface area contributed by atoms with E-state index in [1.807, 2.05) is 24.3 Å². The van der Waals surface area contributed by atoms with Crippen molar-refractivity contribution < 1.29 is 9.59 Å². The summed E-state index contributed by atoms with van der Waals surface area (Å²) in [5, 5.41) is 18.6. The van der Waals surface area contributed by atoms with Crippen LogP contribution in [-0.2, 0) is 21.4 Å². The number of amides is 2. The van der Waals surface area contributed by atoms with Crippen molar-refractivity contribution in [3.63, 3.8) is 0 Å². The average Bonchev–Trinajstić information content (AvgIpc) is 3.33. The molecule has 38 heavy (non-hydrogen) atoms. The normalized spacial score (nSPS) is 11.3. The van der Waals surface area contributed by atoms with Crippen LogP contribution in [0.3, 0.4) is 0 Å². The zero-order chi connectivity index (χ0) is 27.3. The highest BCUT2D eigenvalue weighted by Gasteiger charge is 2.19. The molecule has 2 amide bonds. The Morgan fingerprint density at radius 1 is 0.974 bits per heavy atom. The van der Waals surface area contributed by atoms with Crippen LogP contribution in [0.1, 0.15) is 32.0 Å². The summed E-state index contributed by atoms with van der Waals surface area (Å²) >= 11 is 14.0. The Hall–Kier alpha value is -3.47. The summed E-state index contributed by atoms with van der Waals surface area (Å²) in [7, 11) is 0. The highest BCUT2D eigenvalue weighted by Crippen LogP contribution is 2.31. The molecule has 0 atom stereocenters. The first-order chi connectivity index (χ1) is 18.1. The first kappa shape index (κ1) is 27.6. The molecule has 0 spiro atoms. The van der Waals surface area contributed by atoms with Gasteiger partial charge in [0.15, 0.2) is 0 Å². The lowest BCUT2D eigenvalue weighted by Crippen LogP contribution is -2.16. The van der Waals surface area contributed by atoms with E-state index in [9.17, 15) is 9.59 Å². The molecule has 2 heterocycles. The molecule has 0 aliphatic heterocycles. The summed E-state index contributed by atoms with van der Waals surface area (Å²) < 4.78 is 1.50. The van der Waals surface area contributed by atoms with Crippen LogP contribution in [0, 0.1) is 0 Å². The minimum absolute atomic E-state index is 0.0386. The number of benzene rings is 2. The molecule has 0 saturated heterocycles. The van der Waals surface area contributed by atoms with Gasteiger partial charge in [0.25, 0.3) is 0 Å². The van der Waals surface area contributed by atoms with E-state index in [4.69, 9.17) is 23.2 Å². The molecule has 0 bridgehead atoms. The van der Waals surface area contributed by atoms with Crippen LogP contribution in [-0.4, -0.2) is 42.8 Å². The monoisotopic (exact) mass is 569 g/mol. The van der Waals surface area contributed by atoms with E-state index >= 15 is 0 Å². The van der Waals surface area contributed by atoms with Crippen molar-refractivity contribution in [2.75, 3.05) is 16.4 Å². The maximum Gasteiger partial charge on any atom is 0.234 e. The number of rotatable bonds is 8. The fourth-order valence-electron chi connectivity index (χ4n) is 3.45. The molecule has 196 valence electrons. The molecule has 9 nitrogen and oxygen atoms in total. The Labute approximate surface area is 234 Å². The number of anilines is 2. The van der Waals surface area contributed by atoms with Gasteiger partial charge in [0, 0.05) is 17.6 Å². The van der Waals surface area contributed by atoms with Crippen molar-refractivity contribution in [1.29, 1.82) is 0 Å². The molecule has 2 aromatic carbocycles. The minimum atomic E-state index is -0.299. The van der Waals surface area contributed by atoms with Crippen molar-refractivity contribution in [3.05, 3.63) is 82.1 Å². The molecule has 0 radical (unpaired) electrons. The molecule has 4 rings (SSSR count). The van der Waals surface area contributed by atoms with Gasteiger partial charge in [-0.05, 0) is 63.9 Å². The third kappa shape index (κ3) is 7.09. The molecule has 0 aliphatic rings. The number of tetrazole rings is 1. The lowest BCUT2D eigenvalue weighted by Gasteiger charge is -2.20. The Bertz CT molecular complexity index is 1460. The van der Waals surface area contributed by atoms with Crippen LogP contribution in [0.2, 0.25) is 10.0 Å².